The summed E-state index contributed by atoms with van der Waals surface area (Å²) in [4.78, 5) is 14.4. The highest BCUT2D eigenvalue weighted by atomic mass is 19.1. The van der Waals surface area contributed by atoms with Gasteiger partial charge in [-0.3, -0.25) is 0 Å². The lowest BCUT2D eigenvalue weighted by Crippen LogP contribution is -2.43. The van der Waals surface area contributed by atoms with Crippen molar-refractivity contribution in [1.82, 2.24) is 15.5 Å². The van der Waals surface area contributed by atoms with Crippen LogP contribution in [0.25, 0.3) is 0 Å². The third kappa shape index (κ3) is 3.83. The monoisotopic (exact) mass is 319 g/mol. The third-order valence-electron chi connectivity index (χ3n) is 5.15. The highest BCUT2D eigenvalue weighted by molar-refractivity contribution is 5.75. The van der Waals surface area contributed by atoms with Crippen LogP contribution in [0, 0.1) is 11.2 Å². The fourth-order valence-corrected chi connectivity index (χ4v) is 3.60. The molecule has 1 aromatic rings. The minimum Gasteiger partial charge on any atom is -0.335 e. The lowest BCUT2D eigenvalue weighted by atomic mass is 9.94. The van der Waals surface area contributed by atoms with Crippen molar-refractivity contribution in [1.29, 1.82) is 0 Å². The van der Waals surface area contributed by atoms with Crippen molar-refractivity contribution in [2.45, 2.75) is 45.2 Å². The van der Waals surface area contributed by atoms with Gasteiger partial charge in [0.25, 0.3) is 0 Å². The van der Waals surface area contributed by atoms with Gasteiger partial charge in [0, 0.05) is 19.1 Å². The van der Waals surface area contributed by atoms with E-state index in [4.69, 9.17) is 0 Å². The van der Waals surface area contributed by atoms with Gasteiger partial charge in [0.2, 0.25) is 0 Å². The minimum absolute atomic E-state index is 0.0107. The van der Waals surface area contributed by atoms with Crippen LogP contribution in [0.1, 0.15) is 38.2 Å². The molecule has 2 fully saturated rings. The molecule has 1 aromatic carbocycles. The summed E-state index contributed by atoms with van der Waals surface area (Å²) in [6, 6.07) is 6.72. The Morgan fingerprint density at radius 2 is 2.04 bits per heavy atom. The fraction of sp³-hybridized carbons (Fsp3) is 0.611. The van der Waals surface area contributed by atoms with Crippen molar-refractivity contribution in [2.75, 3.05) is 19.6 Å². The number of hydrogen-bond acceptors (Lipinski definition) is 2. The summed E-state index contributed by atoms with van der Waals surface area (Å²) < 4.78 is 13.0. The summed E-state index contributed by atoms with van der Waals surface area (Å²) >= 11 is 0. The van der Waals surface area contributed by atoms with Crippen molar-refractivity contribution in [2.24, 2.45) is 5.41 Å². The van der Waals surface area contributed by atoms with Gasteiger partial charge >= 0.3 is 6.03 Å². The van der Waals surface area contributed by atoms with Crippen LogP contribution < -0.4 is 10.6 Å². The standard InChI is InChI=1S/C18H26FN3O/c1-2-11-22(13-14-3-5-15(19)6-4-14)17(23)21-16-12-18(16)7-9-20-10-8-18/h3-6,16,20H,2,7-13H2,1H3,(H,21,23). The SMILES string of the molecule is CCCN(Cc1ccc(F)cc1)C(=O)NC1CC12CCNCC2. The molecule has 4 nitrogen and oxygen atoms in total. The molecule has 1 aliphatic heterocycles. The molecule has 1 spiro atoms. The van der Waals surface area contributed by atoms with E-state index in [1.165, 1.54) is 12.1 Å². The molecule has 1 saturated heterocycles. The van der Waals surface area contributed by atoms with Crippen LogP contribution in [0.15, 0.2) is 24.3 Å². The predicted molar refractivity (Wildman–Crippen MR) is 88.6 cm³/mol. The number of hydrogen-bond donors (Lipinski definition) is 2. The molecule has 1 saturated carbocycles. The van der Waals surface area contributed by atoms with E-state index in [1.54, 1.807) is 12.1 Å². The molecule has 5 heteroatoms. The zero-order valence-electron chi connectivity index (χ0n) is 13.8. The number of carbonyl (C=O) groups is 1. The van der Waals surface area contributed by atoms with Crippen molar-refractivity contribution in [3.05, 3.63) is 35.6 Å². The summed E-state index contributed by atoms with van der Waals surface area (Å²) in [6.07, 6.45) is 4.33. The number of benzene rings is 1. The number of nitrogens with zero attached hydrogens (tertiary/aromatic N) is 1. The maximum Gasteiger partial charge on any atom is 0.317 e. The molecule has 126 valence electrons. The Labute approximate surface area is 137 Å². The smallest absolute Gasteiger partial charge is 0.317 e. The molecule has 1 unspecified atom stereocenters. The first-order chi connectivity index (χ1) is 11.1. The number of piperidine rings is 1. The van der Waals surface area contributed by atoms with Gasteiger partial charge in [-0.05, 0) is 61.9 Å². The fourth-order valence-electron chi connectivity index (χ4n) is 3.60. The number of carbonyl (C=O) groups excluding carboxylic acids is 1. The Morgan fingerprint density at radius 3 is 2.70 bits per heavy atom. The third-order valence-corrected chi connectivity index (χ3v) is 5.15. The second-order valence-electron chi connectivity index (χ2n) is 6.87. The number of halogens is 1. The first-order valence-electron chi connectivity index (χ1n) is 8.63. The molecule has 0 aromatic heterocycles. The summed E-state index contributed by atoms with van der Waals surface area (Å²) in [5, 5.41) is 6.60. The van der Waals surface area contributed by atoms with E-state index < -0.39 is 0 Å². The number of nitrogens with one attached hydrogen (secondary N) is 2. The molecule has 1 heterocycles. The van der Waals surface area contributed by atoms with Gasteiger partial charge in [-0.2, -0.15) is 0 Å². The van der Waals surface area contributed by atoms with E-state index >= 15 is 0 Å². The van der Waals surface area contributed by atoms with Crippen molar-refractivity contribution >= 4 is 6.03 Å². The minimum atomic E-state index is -0.244. The number of urea groups is 1. The van der Waals surface area contributed by atoms with Crippen molar-refractivity contribution in [3.63, 3.8) is 0 Å². The van der Waals surface area contributed by atoms with Gasteiger partial charge in [0.1, 0.15) is 5.82 Å². The molecule has 0 radical (unpaired) electrons. The van der Waals surface area contributed by atoms with E-state index in [0.29, 0.717) is 24.5 Å². The molecule has 1 aliphatic carbocycles. The zero-order chi connectivity index (χ0) is 16.3. The van der Waals surface area contributed by atoms with Crippen LogP contribution >= 0.6 is 0 Å². The molecule has 0 bridgehead atoms. The van der Waals surface area contributed by atoms with Gasteiger partial charge in [-0.15, -0.1) is 0 Å². The van der Waals surface area contributed by atoms with Crippen molar-refractivity contribution in [3.8, 4) is 0 Å². The molecule has 2 aliphatic rings. The van der Waals surface area contributed by atoms with E-state index in [-0.39, 0.29) is 11.8 Å². The van der Waals surface area contributed by atoms with Gasteiger partial charge in [0.15, 0.2) is 0 Å². The largest absolute Gasteiger partial charge is 0.335 e. The second kappa shape index (κ2) is 6.87. The summed E-state index contributed by atoms with van der Waals surface area (Å²) in [7, 11) is 0. The number of amides is 2. The number of rotatable bonds is 5. The molecule has 23 heavy (non-hydrogen) atoms. The van der Waals surface area contributed by atoms with Crippen LogP contribution in [0.3, 0.4) is 0 Å². The lowest BCUT2D eigenvalue weighted by Gasteiger charge is -2.26. The Balaban J connectivity index is 1.57. The van der Waals surface area contributed by atoms with Gasteiger partial charge in [-0.1, -0.05) is 19.1 Å². The molecular formula is C18H26FN3O. The van der Waals surface area contributed by atoms with Gasteiger partial charge in [0.05, 0.1) is 0 Å². The summed E-state index contributed by atoms with van der Waals surface area (Å²) in [6.45, 7) is 5.42. The Morgan fingerprint density at radius 1 is 1.35 bits per heavy atom. The Bertz CT molecular complexity index is 540. The van der Waals surface area contributed by atoms with Crippen LogP contribution in [0.4, 0.5) is 9.18 Å². The second-order valence-corrected chi connectivity index (χ2v) is 6.87. The molecule has 3 rings (SSSR count). The summed E-state index contributed by atoms with van der Waals surface area (Å²) in [5.74, 6) is -0.244. The topological polar surface area (TPSA) is 44.4 Å². The Kier molecular flexibility index (Phi) is 4.85. The van der Waals surface area contributed by atoms with E-state index in [0.717, 1.165) is 44.3 Å². The van der Waals surface area contributed by atoms with Crippen LogP contribution in [-0.2, 0) is 6.54 Å². The normalized spacial score (nSPS) is 21.9. The zero-order valence-corrected chi connectivity index (χ0v) is 13.8. The predicted octanol–water partition coefficient (Wildman–Crippen LogP) is 2.89. The van der Waals surface area contributed by atoms with Gasteiger partial charge < -0.3 is 15.5 Å². The molecule has 2 N–H and O–H groups in total. The first-order valence-corrected chi connectivity index (χ1v) is 8.63. The van der Waals surface area contributed by atoms with E-state index in [1.807, 2.05) is 4.90 Å². The molecular weight excluding hydrogens is 293 g/mol. The maximum atomic E-state index is 13.0. The Hall–Kier alpha value is -1.62. The van der Waals surface area contributed by atoms with Crippen LogP contribution in [0.2, 0.25) is 0 Å². The van der Waals surface area contributed by atoms with E-state index in [2.05, 4.69) is 17.6 Å². The quantitative estimate of drug-likeness (QED) is 0.876. The van der Waals surface area contributed by atoms with E-state index in [9.17, 15) is 9.18 Å². The highest BCUT2D eigenvalue weighted by Crippen LogP contribution is 2.52. The molecule has 1 atom stereocenters. The van der Waals surface area contributed by atoms with Gasteiger partial charge in [-0.25, -0.2) is 9.18 Å². The molecule has 2 amide bonds. The average Bonchev–Trinajstić information content (AvgIpc) is 3.20. The summed E-state index contributed by atoms with van der Waals surface area (Å²) in [5.41, 5.74) is 1.30. The maximum absolute atomic E-state index is 13.0. The highest BCUT2D eigenvalue weighted by Gasteiger charge is 2.54. The lowest BCUT2D eigenvalue weighted by molar-refractivity contribution is 0.191. The first kappa shape index (κ1) is 16.2. The average molecular weight is 319 g/mol. The van der Waals surface area contributed by atoms with Crippen molar-refractivity contribution < 1.29 is 9.18 Å². The van der Waals surface area contributed by atoms with Crippen LogP contribution in [0.5, 0.6) is 0 Å². The van der Waals surface area contributed by atoms with Crippen LogP contribution in [-0.4, -0.2) is 36.6 Å².